The maximum absolute atomic E-state index is 10.6. The number of aryl methyl sites for hydroxylation is 2. The zero-order valence-corrected chi connectivity index (χ0v) is 10.9. The number of carboxylic acids is 1. The highest BCUT2D eigenvalue weighted by molar-refractivity contribution is 5.67. The molecular weight excluding hydrogens is 216 g/mol. The van der Waals surface area contributed by atoms with E-state index >= 15 is 0 Å². The summed E-state index contributed by atoms with van der Waals surface area (Å²) in [7, 11) is 0. The van der Waals surface area contributed by atoms with Gasteiger partial charge in [0.2, 0.25) is 0 Å². The van der Waals surface area contributed by atoms with E-state index in [4.69, 9.17) is 5.11 Å². The van der Waals surface area contributed by atoms with Crippen molar-refractivity contribution in [2.24, 2.45) is 5.92 Å². The average molecular weight is 236 g/mol. The Balaban J connectivity index is 2.90. The van der Waals surface area contributed by atoms with Gasteiger partial charge in [0, 0.05) is 24.2 Å². The van der Waals surface area contributed by atoms with Crippen LogP contribution >= 0.6 is 0 Å². The first kappa shape index (κ1) is 13.6. The van der Waals surface area contributed by atoms with Crippen LogP contribution in [-0.4, -0.2) is 21.0 Å². The van der Waals surface area contributed by atoms with Gasteiger partial charge in [0.25, 0.3) is 0 Å². The Kier molecular flexibility index (Phi) is 4.61. The van der Waals surface area contributed by atoms with E-state index in [1.54, 1.807) is 0 Å². The SMILES string of the molecule is Cc1nc(CC(C)C)nc(C)c1CCC(=O)O. The Morgan fingerprint density at radius 3 is 2.18 bits per heavy atom. The Labute approximate surface area is 102 Å². The van der Waals surface area contributed by atoms with Crippen LogP contribution in [0.3, 0.4) is 0 Å². The van der Waals surface area contributed by atoms with E-state index in [2.05, 4.69) is 23.8 Å². The smallest absolute Gasteiger partial charge is 0.303 e. The molecule has 0 bridgehead atoms. The van der Waals surface area contributed by atoms with Gasteiger partial charge in [0.05, 0.1) is 0 Å². The van der Waals surface area contributed by atoms with Crippen molar-refractivity contribution in [3.8, 4) is 0 Å². The molecule has 1 aromatic rings. The molecule has 0 radical (unpaired) electrons. The van der Waals surface area contributed by atoms with Crippen molar-refractivity contribution in [1.82, 2.24) is 9.97 Å². The molecule has 94 valence electrons. The summed E-state index contributed by atoms with van der Waals surface area (Å²) in [5, 5.41) is 8.69. The predicted molar refractivity (Wildman–Crippen MR) is 66.0 cm³/mol. The van der Waals surface area contributed by atoms with Crippen LogP contribution in [0.15, 0.2) is 0 Å². The van der Waals surface area contributed by atoms with Crippen molar-refractivity contribution in [2.75, 3.05) is 0 Å². The molecule has 4 heteroatoms. The van der Waals surface area contributed by atoms with Crippen LogP contribution in [0.1, 0.15) is 43.0 Å². The molecule has 0 aliphatic carbocycles. The minimum atomic E-state index is -0.782. The van der Waals surface area contributed by atoms with Gasteiger partial charge in [-0.15, -0.1) is 0 Å². The van der Waals surface area contributed by atoms with Crippen LogP contribution in [0.2, 0.25) is 0 Å². The van der Waals surface area contributed by atoms with Gasteiger partial charge in [-0.1, -0.05) is 13.8 Å². The van der Waals surface area contributed by atoms with Gasteiger partial charge in [-0.25, -0.2) is 9.97 Å². The van der Waals surface area contributed by atoms with E-state index in [1.807, 2.05) is 13.8 Å². The Bertz CT molecular complexity index is 391. The van der Waals surface area contributed by atoms with Gasteiger partial charge in [0.15, 0.2) is 0 Å². The standard InChI is InChI=1S/C13H20N2O2/c1-8(2)7-12-14-9(3)11(10(4)15-12)5-6-13(16)17/h8H,5-7H2,1-4H3,(H,16,17). The zero-order valence-electron chi connectivity index (χ0n) is 10.9. The van der Waals surface area contributed by atoms with Crippen molar-refractivity contribution in [3.05, 3.63) is 22.8 Å². The van der Waals surface area contributed by atoms with Gasteiger partial charge in [0.1, 0.15) is 5.82 Å². The molecule has 0 aliphatic rings. The second kappa shape index (κ2) is 5.75. The molecule has 0 amide bonds. The number of hydrogen-bond donors (Lipinski definition) is 1. The van der Waals surface area contributed by atoms with Gasteiger partial charge < -0.3 is 5.11 Å². The quantitative estimate of drug-likeness (QED) is 0.852. The van der Waals surface area contributed by atoms with Crippen molar-refractivity contribution in [2.45, 2.75) is 47.0 Å². The third kappa shape index (κ3) is 4.13. The first-order valence-electron chi connectivity index (χ1n) is 5.95. The molecule has 4 nitrogen and oxygen atoms in total. The van der Waals surface area contributed by atoms with Gasteiger partial charge >= 0.3 is 5.97 Å². The lowest BCUT2D eigenvalue weighted by atomic mass is 10.1. The van der Waals surface area contributed by atoms with Crippen LogP contribution in [-0.2, 0) is 17.6 Å². The summed E-state index contributed by atoms with van der Waals surface area (Å²) < 4.78 is 0. The van der Waals surface area contributed by atoms with Crippen LogP contribution in [0.25, 0.3) is 0 Å². The molecule has 0 aliphatic heterocycles. The molecule has 0 fully saturated rings. The molecule has 1 aromatic heterocycles. The fourth-order valence-electron chi connectivity index (χ4n) is 1.86. The molecule has 0 aromatic carbocycles. The molecule has 0 saturated heterocycles. The minimum absolute atomic E-state index is 0.133. The summed E-state index contributed by atoms with van der Waals surface area (Å²) in [5.74, 6) is 0.600. The maximum Gasteiger partial charge on any atom is 0.303 e. The van der Waals surface area contributed by atoms with Gasteiger partial charge in [-0.3, -0.25) is 4.79 Å². The number of aromatic nitrogens is 2. The number of hydrogen-bond acceptors (Lipinski definition) is 3. The van der Waals surface area contributed by atoms with Gasteiger partial charge in [-0.05, 0) is 31.7 Å². The third-order valence-corrected chi connectivity index (χ3v) is 2.65. The lowest BCUT2D eigenvalue weighted by Crippen LogP contribution is -2.09. The minimum Gasteiger partial charge on any atom is -0.481 e. The predicted octanol–water partition coefficient (Wildman–Crippen LogP) is 2.31. The van der Waals surface area contributed by atoms with Crippen molar-refractivity contribution in [1.29, 1.82) is 0 Å². The van der Waals surface area contributed by atoms with E-state index in [0.29, 0.717) is 12.3 Å². The lowest BCUT2D eigenvalue weighted by Gasteiger charge is -2.11. The van der Waals surface area contributed by atoms with E-state index in [1.165, 1.54) is 0 Å². The van der Waals surface area contributed by atoms with Gasteiger partial charge in [-0.2, -0.15) is 0 Å². The summed E-state index contributed by atoms with van der Waals surface area (Å²) in [4.78, 5) is 19.5. The number of nitrogens with zero attached hydrogens (tertiary/aromatic N) is 2. The first-order chi connectivity index (χ1) is 7.90. The van der Waals surface area contributed by atoms with Crippen molar-refractivity contribution >= 4 is 5.97 Å². The third-order valence-electron chi connectivity index (χ3n) is 2.65. The normalized spacial score (nSPS) is 10.9. The molecule has 0 saturated carbocycles. The maximum atomic E-state index is 10.6. The number of aliphatic carboxylic acids is 1. The molecule has 0 unspecified atom stereocenters. The second-order valence-electron chi connectivity index (χ2n) is 4.78. The second-order valence-corrected chi connectivity index (χ2v) is 4.78. The zero-order chi connectivity index (χ0) is 13.0. The van der Waals surface area contributed by atoms with E-state index < -0.39 is 5.97 Å². The Hall–Kier alpha value is -1.45. The van der Waals surface area contributed by atoms with E-state index in [-0.39, 0.29) is 6.42 Å². The Morgan fingerprint density at radius 2 is 1.76 bits per heavy atom. The lowest BCUT2D eigenvalue weighted by molar-refractivity contribution is -0.136. The first-order valence-corrected chi connectivity index (χ1v) is 5.95. The molecule has 17 heavy (non-hydrogen) atoms. The van der Waals surface area contributed by atoms with Crippen molar-refractivity contribution in [3.63, 3.8) is 0 Å². The Morgan fingerprint density at radius 1 is 1.24 bits per heavy atom. The van der Waals surface area contributed by atoms with E-state index in [9.17, 15) is 4.79 Å². The summed E-state index contributed by atoms with van der Waals surface area (Å²) in [6.07, 6.45) is 1.50. The number of carbonyl (C=O) groups is 1. The monoisotopic (exact) mass is 236 g/mol. The highest BCUT2D eigenvalue weighted by Crippen LogP contribution is 2.14. The molecule has 0 spiro atoms. The molecule has 1 N–H and O–H groups in total. The number of carboxylic acid groups (broad SMARTS) is 1. The van der Waals surface area contributed by atoms with E-state index in [0.717, 1.165) is 29.2 Å². The summed E-state index contributed by atoms with van der Waals surface area (Å²) in [6, 6.07) is 0. The highest BCUT2D eigenvalue weighted by Gasteiger charge is 2.10. The van der Waals surface area contributed by atoms with Crippen LogP contribution in [0.5, 0.6) is 0 Å². The van der Waals surface area contributed by atoms with Crippen molar-refractivity contribution < 1.29 is 9.90 Å². The largest absolute Gasteiger partial charge is 0.481 e. The van der Waals surface area contributed by atoms with Crippen LogP contribution < -0.4 is 0 Å². The molecule has 0 atom stereocenters. The highest BCUT2D eigenvalue weighted by atomic mass is 16.4. The summed E-state index contributed by atoms with van der Waals surface area (Å²) in [6.45, 7) is 8.12. The topological polar surface area (TPSA) is 63.1 Å². The molecule has 1 rings (SSSR count). The van der Waals surface area contributed by atoms with Crippen LogP contribution in [0.4, 0.5) is 0 Å². The fourth-order valence-corrected chi connectivity index (χ4v) is 1.86. The number of rotatable bonds is 5. The molecular formula is C13H20N2O2. The van der Waals surface area contributed by atoms with Crippen LogP contribution in [0, 0.1) is 19.8 Å². The fraction of sp³-hybridized carbons (Fsp3) is 0.615. The average Bonchev–Trinajstić information content (AvgIpc) is 2.14. The molecule has 1 heterocycles. The summed E-state index contributed by atoms with van der Waals surface area (Å²) in [5.41, 5.74) is 2.80. The summed E-state index contributed by atoms with van der Waals surface area (Å²) >= 11 is 0.